The minimum absolute atomic E-state index is 0.640. The summed E-state index contributed by atoms with van der Waals surface area (Å²) in [6.45, 7) is 4.50. The molecule has 0 fully saturated rings. The molecule has 0 saturated carbocycles. The Morgan fingerprint density at radius 3 is 1.30 bits per heavy atom. The van der Waals surface area contributed by atoms with Gasteiger partial charge in [-0.2, -0.15) is 0 Å². The molecular weight excluding hydrogens is 693 g/mol. The van der Waals surface area contributed by atoms with E-state index in [1.54, 1.807) is 0 Å². The maximum absolute atomic E-state index is 4.96. The van der Waals surface area contributed by atoms with Crippen molar-refractivity contribution < 1.29 is 0 Å². The molecule has 0 amide bonds. The lowest BCUT2D eigenvalue weighted by atomic mass is 9.88. The highest BCUT2D eigenvalue weighted by molar-refractivity contribution is 6.10. The molecule has 8 aromatic carbocycles. The van der Waals surface area contributed by atoms with Crippen molar-refractivity contribution in [3.63, 3.8) is 0 Å². The normalized spacial score (nSPS) is 11.3. The highest BCUT2D eigenvalue weighted by Gasteiger charge is 2.17. The van der Waals surface area contributed by atoms with Gasteiger partial charge in [0.2, 0.25) is 0 Å². The molecule has 0 radical (unpaired) electrons. The van der Waals surface area contributed by atoms with E-state index in [-0.39, 0.29) is 0 Å². The van der Waals surface area contributed by atoms with E-state index in [2.05, 4.69) is 152 Å². The van der Waals surface area contributed by atoms with E-state index in [1.807, 2.05) is 60.7 Å². The zero-order chi connectivity index (χ0) is 38.3. The van der Waals surface area contributed by atoms with Gasteiger partial charge >= 0.3 is 0 Å². The van der Waals surface area contributed by atoms with Gasteiger partial charge in [0.25, 0.3) is 0 Å². The fraction of sp³-hybridized carbons (Fsp3) is 0.0377. The molecule has 2 aromatic heterocycles. The molecule has 10 aromatic rings. The molecule has 0 aliphatic rings. The average Bonchev–Trinajstić information content (AvgIpc) is 3.61. The monoisotopic (exact) mass is 730 g/mol. The van der Waals surface area contributed by atoms with E-state index < -0.39 is 0 Å². The standard InChI is InChI=1S/C53H38N4/c1-35-43(37-16-6-3-7-17-37)23-14-25-45(35)46-26-15-24-44(36(46)2)41-30-33-50-48(34-41)47-22-12-13-27-49(47)57(50)42-31-28-40(29-32-42)53-55-51(38-18-8-4-9-19-38)54-52(56-53)39-20-10-5-11-21-39/h3-34H,1-2H3. The van der Waals surface area contributed by atoms with Gasteiger partial charge in [-0.15, -0.1) is 0 Å². The van der Waals surface area contributed by atoms with Crippen LogP contribution in [0.2, 0.25) is 0 Å². The minimum Gasteiger partial charge on any atom is -0.309 e. The number of aromatic nitrogens is 4. The largest absolute Gasteiger partial charge is 0.309 e. The third-order valence-corrected chi connectivity index (χ3v) is 11.1. The number of hydrogen-bond donors (Lipinski definition) is 0. The SMILES string of the molecule is Cc1c(-c2ccccc2)cccc1-c1cccc(-c2ccc3c(c2)c2ccccc2n3-c2ccc(-c3nc(-c4ccccc4)nc(-c4ccccc4)n3)cc2)c1C. The third kappa shape index (κ3) is 6.18. The fourth-order valence-electron chi connectivity index (χ4n) is 8.21. The smallest absolute Gasteiger partial charge is 0.164 e. The number of para-hydroxylation sites is 1. The van der Waals surface area contributed by atoms with E-state index in [0.29, 0.717) is 17.5 Å². The number of rotatable bonds is 7. The van der Waals surface area contributed by atoms with E-state index in [1.165, 1.54) is 55.3 Å². The number of benzene rings is 8. The Labute approximate surface area is 332 Å². The second kappa shape index (κ2) is 14.3. The average molecular weight is 731 g/mol. The Balaban J connectivity index is 1.04. The van der Waals surface area contributed by atoms with Crippen LogP contribution in [0.5, 0.6) is 0 Å². The van der Waals surface area contributed by atoms with Crippen molar-refractivity contribution in [2.45, 2.75) is 13.8 Å². The van der Waals surface area contributed by atoms with Crippen molar-refractivity contribution in [2.24, 2.45) is 0 Å². The number of nitrogens with zero attached hydrogens (tertiary/aromatic N) is 4. The molecule has 0 atom stereocenters. The lowest BCUT2D eigenvalue weighted by Gasteiger charge is -2.16. The first-order valence-electron chi connectivity index (χ1n) is 19.4. The summed E-state index contributed by atoms with van der Waals surface area (Å²) in [4.78, 5) is 14.8. The van der Waals surface area contributed by atoms with Crippen LogP contribution < -0.4 is 0 Å². The summed E-state index contributed by atoms with van der Waals surface area (Å²) in [7, 11) is 0. The number of hydrogen-bond acceptors (Lipinski definition) is 3. The van der Waals surface area contributed by atoms with Gasteiger partial charge in [0, 0.05) is 33.2 Å². The summed E-state index contributed by atoms with van der Waals surface area (Å²) < 4.78 is 2.36. The summed E-state index contributed by atoms with van der Waals surface area (Å²) >= 11 is 0. The molecule has 2 heterocycles. The first-order valence-corrected chi connectivity index (χ1v) is 19.4. The summed E-state index contributed by atoms with van der Waals surface area (Å²) in [5.41, 5.74) is 16.3. The Morgan fingerprint density at radius 1 is 0.316 bits per heavy atom. The summed E-state index contributed by atoms with van der Waals surface area (Å²) in [5.74, 6) is 1.94. The van der Waals surface area contributed by atoms with Crippen molar-refractivity contribution in [3.8, 4) is 73.2 Å². The van der Waals surface area contributed by atoms with Gasteiger partial charge in [-0.25, -0.2) is 15.0 Å². The van der Waals surface area contributed by atoms with Crippen LogP contribution >= 0.6 is 0 Å². The second-order valence-corrected chi connectivity index (χ2v) is 14.5. The van der Waals surface area contributed by atoms with Crippen molar-refractivity contribution in [3.05, 3.63) is 205 Å². The van der Waals surface area contributed by atoms with Crippen molar-refractivity contribution in [1.82, 2.24) is 19.5 Å². The summed E-state index contributed by atoms with van der Waals surface area (Å²) in [6, 6.07) is 68.4. The maximum Gasteiger partial charge on any atom is 0.164 e. The molecule has 0 aliphatic carbocycles. The maximum atomic E-state index is 4.96. The fourth-order valence-corrected chi connectivity index (χ4v) is 8.21. The molecule has 0 spiro atoms. The molecule has 0 bridgehead atoms. The van der Waals surface area contributed by atoms with Crippen LogP contribution in [0.4, 0.5) is 0 Å². The van der Waals surface area contributed by atoms with Gasteiger partial charge in [0.05, 0.1) is 11.0 Å². The van der Waals surface area contributed by atoms with Crippen LogP contribution in [0, 0.1) is 13.8 Å². The van der Waals surface area contributed by atoms with Crippen molar-refractivity contribution in [1.29, 1.82) is 0 Å². The van der Waals surface area contributed by atoms with E-state index in [9.17, 15) is 0 Å². The predicted octanol–water partition coefficient (Wildman–Crippen LogP) is 13.6. The van der Waals surface area contributed by atoms with Gasteiger partial charge < -0.3 is 4.57 Å². The molecule has 57 heavy (non-hydrogen) atoms. The Morgan fingerprint density at radius 2 is 0.737 bits per heavy atom. The van der Waals surface area contributed by atoms with Crippen molar-refractivity contribution >= 4 is 21.8 Å². The molecule has 0 aliphatic heterocycles. The second-order valence-electron chi connectivity index (χ2n) is 14.5. The molecule has 4 nitrogen and oxygen atoms in total. The van der Waals surface area contributed by atoms with Gasteiger partial charge in [-0.1, -0.05) is 152 Å². The zero-order valence-corrected chi connectivity index (χ0v) is 31.8. The Bertz CT molecular complexity index is 3000. The topological polar surface area (TPSA) is 43.6 Å². The molecule has 10 rings (SSSR count). The molecule has 0 saturated heterocycles. The first-order chi connectivity index (χ1) is 28.1. The van der Waals surface area contributed by atoms with Gasteiger partial charge in [-0.05, 0) is 101 Å². The van der Waals surface area contributed by atoms with Crippen LogP contribution in [0.25, 0.3) is 95.0 Å². The molecular formula is C53H38N4. The lowest BCUT2D eigenvalue weighted by molar-refractivity contribution is 1.07. The first kappa shape index (κ1) is 34.1. The lowest BCUT2D eigenvalue weighted by Crippen LogP contribution is -2.00. The highest BCUT2D eigenvalue weighted by atomic mass is 15.0. The Hall–Kier alpha value is -7.43. The molecule has 270 valence electrons. The zero-order valence-electron chi connectivity index (χ0n) is 31.8. The minimum atomic E-state index is 0.640. The van der Waals surface area contributed by atoms with Crippen LogP contribution in [-0.2, 0) is 0 Å². The van der Waals surface area contributed by atoms with Gasteiger partial charge in [0.15, 0.2) is 17.5 Å². The highest BCUT2D eigenvalue weighted by Crippen LogP contribution is 2.40. The molecule has 4 heteroatoms. The number of fused-ring (bicyclic) bond motifs is 3. The summed E-state index contributed by atoms with van der Waals surface area (Å²) in [6.07, 6.45) is 0. The summed E-state index contributed by atoms with van der Waals surface area (Å²) in [5, 5.41) is 2.44. The Kier molecular flexibility index (Phi) is 8.57. The third-order valence-electron chi connectivity index (χ3n) is 11.1. The van der Waals surface area contributed by atoms with Crippen LogP contribution in [0.15, 0.2) is 194 Å². The van der Waals surface area contributed by atoms with Crippen molar-refractivity contribution in [2.75, 3.05) is 0 Å². The molecule has 0 N–H and O–H groups in total. The van der Waals surface area contributed by atoms with E-state index in [4.69, 9.17) is 15.0 Å². The quantitative estimate of drug-likeness (QED) is 0.164. The van der Waals surface area contributed by atoms with Crippen LogP contribution in [0.1, 0.15) is 11.1 Å². The van der Waals surface area contributed by atoms with E-state index >= 15 is 0 Å². The molecule has 0 unspecified atom stereocenters. The van der Waals surface area contributed by atoms with Gasteiger partial charge in [-0.3, -0.25) is 0 Å². The van der Waals surface area contributed by atoms with Crippen LogP contribution in [0.3, 0.4) is 0 Å². The van der Waals surface area contributed by atoms with E-state index in [0.717, 1.165) is 33.4 Å². The van der Waals surface area contributed by atoms with Crippen LogP contribution in [-0.4, -0.2) is 19.5 Å². The van der Waals surface area contributed by atoms with Gasteiger partial charge in [0.1, 0.15) is 0 Å². The predicted molar refractivity (Wildman–Crippen MR) is 236 cm³/mol.